The molecule has 0 spiro atoms. The second-order valence-electron chi connectivity index (χ2n) is 5.64. The molecule has 0 aliphatic carbocycles. The van der Waals surface area contributed by atoms with Gasteiger partial charge in [-0.3, -0.25) is 0 Å². The highest BCUT2D eigenvalue weighted by Crippen LogP contribution is 2.24. The van der Waals surface area contributed by atoms with Gasteiger partial charge in [0.2, 0.25) is 0 Å². The summed E-state index contributed by atoms with van der Waals surface area (Å²) in [5, 5.41) is 3.49. The highest BCUT2D eigenvalue weighted by molar-refractivity contribution is 6.30. The first-order valence-electron chi connectivity index (χ1n) is 7.99. The Labute approximate surface area is 150 Å². The number of nitrogens with one attached hydrogen (secondary N) is 1. The van der Waals surface area contributed by atoms with Crippen LogP contribution in [0.2, 0.25) is 5.02 Å². The molecule has 2 amide bonds. The first-order chi connectivity index (χ1) is 12.2. The molecular weight excluding hydrogens is 344 g/mol. The Morgan fingerprint density at radius 3 is 2.68 bits per heavy atom. The lowest BCUT2D eigenvalue weighted by atomic mass is 10.1. The van der Waals surface area contributed by atoms with Crippen LogP contribution in [0.3, 0.4) is 0 Å². The molecule has 0 bridgehead atoms. The van der Waals surface area contributed by atoms with Crippen LogP contribution in [0, 0.1) is 0 Å². The van der Waals surface area contributed by atoms with Crippen LogP contribution in [-0.4, -0.2) is 47.2 Å². The van der Waals surface area contributed by atoms with Gasteiger partial charge in [-0.15, -0.1) is 0 Å². The van der Waals surface area contributed by atoms with E-state index in [1.807, 2.05) is 0 Å². The van der Waals surface area contributed by atoms with Crippen LogP contribution in [0.1, 0.15) is 12.8 Å². The van der Waals surface area contributed by atoms with E-state index in [9.17, 15) is 4.79 Å². The van der Waals surface area contributed by atoms with Gasteiger partial charge in [0.25, 0.3) is 11.8 Å². The molecule has 1 aromatic carbocycles. The zero-order valence-corrected chi connectivity index (χ0v) is 14.6. The molecule has 1 aliphatic rings. The summed E-state index contributed by atoms with van der Waals surface area (Å²) in [6.07, 6.45) is 4.62. The molecule has 1 aliphatic heterocycles. The van der Waals surface area contributed by atoms with Crippen LogP contribution >= 0.6 is 11.6 Å². The molecule has 1 saturated heterocycles. The minimum Gasteiger partial charge on any atom is -0.477 e. The van der Waals surface area contributed by atoms with Crippen molar-refractivity contribution in [2.45, 2.75) is 18.9 Å². The summed E-state index contributed by atoms with van der Waals surface area (Å²) in [6.45, 7) is 1.15. The van der Waals surface area contributed by atoms with E-state index in [1.165, 1.54) is 7.11 Å². The highest BCUT2D eigenvalue weighted by Gasteiger charge is 2.26. The standard InChI is InChI=1S/C17H19ClN4O3/c1-24-15-16(20-9-8-19-15)25-14-3-2-10-22(11-14)17(23)21-13-6-4-12(18)5-7-13/h4-9,14H,2-3,10-11H2,1H3,(H,21,23). The number of hydrogen-bond acceptors (Lipinski definition) is 5. The molecule has 3 rings (SSSR count). The van der Waals surface area contributed by atoms with Gasteiger partial charge in [0, 0.05) is 29.6 Å². The zero-order valence-electron chi connectivity index (χ0n) is 13.8. The largest absolute Gasteiger partial charge is 0.477 e. The molecule has 1 atom stereocenters. The minimum atomic E-state index is -0.165. The third kappa shape index (κ3) is 4.51. The molecule has 0 radical (unpaired) electrons. The van der Waals surface area contributed by atoms with Crippen molar-refractivity contribution in [3.8, 4) is 11.8 Å². The van der Waals surface area contributed by atoms with Crippen LogP contribution in [0.25, 0.3) is 0 Å². The number of likely N-dealkylation sites (tertiary alicyclic amines) is 1. The van der Waals surface area contributed by atoms with Crippen LogP contribution in [0.5, 0.6) is 11.8 Å². The molecule has 1 unspecified atom stereocenters. The van der Waals surface area contributed by atoms with Crippen molar-refractivity contribution in [3.63, 3.8) is 0 Å². The second-order valence-corrected chi connectivity index (χ2v) is 6.07. The average Bonchev–Trinajstić information content (AvgIpc) is 2.64. The van der Waals surface area contributed by atoms with Gasteiger partial charge in [0.05, 0.1) is 13.7 Å². The van der Waals surface area contributed by atoms with Gasteiger partial charge in [-0.05, 0) is 37.1 Å². The molecule has 25 heavy (non-hydrogen) atoms. The Hall–Kier alpha value is -2.54. The molecule has 2 heterocycles. The van der Waals surface area contributed by atoms with Gasteiger partial charge >= 0.3 is 6.03 Å². The van der Waals surface area contributed by atoms with Gasteiger partial charge in [-0.1, -0.05) is 11.6 Å². The Balaban J connectivity index is 1.60. The Kier molecular flexibility index (Phi) is 5.55. The molecule has 1 fully saturated rings. The van der Waals surface area contributed by atoms with Crippen molar-refractivity contribution in [2.24, 2.45) is 0 Å². The molecule has 8 heteroatoms. The summed E-state index contributed by atoms with van der Waals surface area (Å²) in [5.74, 6) is 0.681. The Morgan fingerprint density at radius 1 is 1.24 bits per heavy atom. The third-order valence-corrected chi connectivity index (χ3v) is 4.12. The summed E-state index contributed by atoms with van der Waals surface area (Å²) in [6, 6.07) is 6.84. The molecule has 132 valence electrons. The van der Waals surface area contributed by atoms with E-state index < -0.39 is 0 Å². The number of benzene rings is 1. The van der Waals surface area contributed by atoms with E-state index in [0.717, 1.165) is 12.8 Å². The fourth-order valence-electron chi connectivity index (χ4n) is 2.65. The topological polar surface area (TPSA) is 76.6 Å². The van der Waals surface area contributed by atoms with Crippen molar-refractivity contribution in [1.82, 2.24) is 14.9 Å². The smallest absolute Gasteiger partial charge is 0.321 e. The maximum absolute atomic E-state index is 12.4. The van der Waals surface area contributed by atoms with E-state index in [2.05, 4.69) is 15.3 Å². The van der Waals surface area contributed by atoms with Gasteiger partial charge < -0.3 is 19.7 Å². The summed E-state index contributed by atoms with van der Waals surface area (Å²) in [7, 11) is 1.52. The zero-order chi connectivity index (χ0) is 17.6. The van der Waals surface area contributed by atoms with Crippen LogP contribution in [-0.2, 0) is 0 Å². The number of anilines is 1. The number of hydrogen-bond donors (Lipinski definition) is 1. The molecule has 7 nitrogen and oxygen atoms in total. The van der Waals surface area contributed by atoms with Gasteiger partial charge in [-0.25, -0.2) is 14.8 Å². The number of carbonyl (C=O) groups excluding carboxylic acids is 1. The van der Waals surface area contributed by atoms with E-state index >= 15 is 0 Å². The lowest BCUT2D eigenvalue weighted by Gasteiger charge is -2.32. The number of aromatic nitrogens is 2. The summed E-state index contributed by atoms with van der Waals surface area (Å²) in [5.41, 5.74) is 0.702. The molecule has 1 N–H and O–H groups in total. The number of urea groups is 1. The Morgan fingerprint density at radius 2 is 1.96 bits per heavy atom. The number of carbonyl (C=O) groups is 1. The number of amides is 2. The van der Waals surface area contributed by atoms with Gasteiger partial charge in [0.15, 0.2) is 0 Å². The van der Waals surface area contributed by atoms with Crippen molar-refractivity contribution in [1.29, 1.82) is 0 Å². The second kappa shape index (κ2) is 8.02. The first kappa shape index (κ1) is 17.3. The average molecular weight is 363 g/mol. The highest BCUT2D eigenvalue weighted by atomic mass is 35.5. The predicted molar refractivity (Wildman–Crippen MR) is 94.3 cm³/mol. The van der Waals surface area contributed by atoms with Crippen LogP contribution in [0.15, 0.2) is 36.7 Å². The maximum atomic E-state index is 12.4. The predicted octanol–water partition coefficient (Wildman–Crippen LogP) is 3.21. The van der Waals surface area contributed by atoms with E-state index in [-0.39, 0.29) is 12.1 Å². The lowest BCUT2D eigenvalue weighted by molar-refractivity contribution is 0.0988. The normalized spacial score (nSPS) is 17.0. The van der Waals surface area contributed by atoms with Crippen molar-refractivity contribution >= 4 is 23.3 Å². The van der Waals surface area contributed by atoms with Crippen molar-refractivity contribution in [2.75, 3.05) is 25.5 Å². The molecule has 0 saturated carbocycles. The number of rotatable bonds is 4. The van der Waals surface area contributed by atoms with E-state index in [1.54, 1.807) is 41.6 Å². The summed E-state index contributed by atoms with van der Waals surface area (Å²) >= 11 is 5.86. The van der Waals surface area contributed by atoms with Crippen molar-refractivity contribution < 1.29 is 14.3 Å². The Bertz CT molecular complexity index is 726. The maximum Gasteiger partial charge on any atom is 0.321 e. The minimum absolute atomic E-state index is 0.157. The van der Waals surface area contributed by atoms with E-state index in [0.29, 0.717) is 35.6 Å². The molecule has 1 aromatic heterocycles. The number of nitrogens with zero attached hydrogens (tertiary/aromatic N) is 3. The lowest BCUT2D eigenvalue weighted by Crippen LogP contribution is -2.46. The fourth-order valence-corrected chi connectivity index (χ4v) is 2.77. The number of ether oxygens (including phenoxy) is 2. The summed E-state index contributed by atoms with van der Waals surface area (Å²) in [4.78, 5) is 22.4. The molecule has 2 aromatic rings. The fraction of sp³-hybridized carbons (Fsp3) is 0.353. The first-order valence-corrected chi connectivity index (χ1v) is 8.36. The van der Waals surface area contributed by atoms with Gasteiger partial charge in [-0.2, -0.15) is 0 Å². The van der Waals surface area contributed by atoms with Gasteiger partial charge in [0.1, 0.15) is 6.10 Å². The number of piperidine rings is 1. The van der Waals surface area contributed by atoms with Crippen molar-refractivity contribution in [3.05, 3.63) is 41.7 Å². The number of halogens is 1. The SMILES string of the molecule is COc1nccnc1OC1CCCN(C(=O)Nc2ccc(Cl)cc2)C1. The monoisotopic (exact) mass is 362 g/mol. The quantitative estimate of drug-likeness (QED) is 0.903. The van der Waals surface area contributed by atoms with Crippen LogP contribution < -0.4 is 14.8 Å². The molecular formula is C17H19ClN4O3. The third-order valence-electron chi connectivity index (χ3n) is 3.87. The van der Waals surface area contributed by atoms with Crippen LogP contribution in [0.4, 0.5) is 10.5 Å². The summed E-state index contributed by atoms with van der Waals surface area (Å²) < 4.78 is 11.0. The van der Waals surface area contributed by atoms with E-state index in [4.69, 9.17) is 21.1 Å². The number of methoxy groups -OCH3 is 1.